The highest BCUT2D eigenvalue weighted by Gasteiger charge is 2.19. The van der Waals surface area contributed by atoms with Crippen molar-refractivity contribution >= 4 is 16.9 Å². The Bertz CT molecular complexity index is 934. The molecule has 1 aliphatic rings. The summed E-state index contributed by atoms with van der Waals surface area (Å²) in [5, 5.41) is 7.97. The third-order valence-corrected chi connectivity index (χ3v) is 4.49. The largest absolute Gasteiger partial charge is 0.486 e. The molecular formula is C20H20N2O4. The Kier molecular flexibility index (Phi) is 4.48. The predicted octanol–water partition coefficient (Wildman–Crippen LogP) is 3.41. The second kappa shape index (κ2) is 7.07. The van der Waals surface area contributed by atoms with Gasteiger partial charge in [0.2, 0.25) is 5.91 Å². The molecule has 0 saturated carbocycles. The minimum atomic E-state index is -0.100. The van der Waals surface area contributed by atoms with E-state index >= 15 is 0 Å². The quantitative estimate of drug-likeness (QED) is 0.762. The van der Waals surface area contributed by atoms with Crippen molar-refractivity contribution in [3.05, 3.63) is 53.7 Å². The topological polar surface area (TPSA) is 73.6 Å². The van der Waals surface area contributed by atoms with Gasteiger partial charge >= 0.3 is 0 Å². The van der Waals surface area contributed by atoms with Crippen LogP contribution in [-0.2, 0) is 11.2 Å². The Balaban J connectivity index is 1.48. The summed E-state index contributed by atoms with van der Waals surface area (Å²) in [5.74, 6) is 1.38. The predicted molar refractivity (Wildman–Crippen MR) is 96.3 cm³/mol. The van der Waals surface area contributed by atoms with Crippen LogP contribution >= 0.6 is 0 Å². The van der Waals surface area contributed by atoms with E-state index in [9.17, 15) is 4.79 Å². The molecule has 1 N–H and O–H groups in total. The highest BCUT2D eigenvalue weighted by atomic mass is 16.6. The Morgan fingerprint density at radius 1 is 1.15 bits per heavy atom. The Morgan fingerprint density at radius 3 is 2.81 bits per heavy atom. The molecule has 3 aromatic rings. The van der Waals surface area contributed by atoms with Crippen LogP contribution in [0.25, 0.3) is 11.0 Å². The third-order valence-electron chi connectivity index (χ3n) is 4.49. The molecule has 1 aromatic heterocycles. The smallest absolute Gasteiger partial charge is 0.226 e. The van der Waals surface area contributed by atoms with Crippen molar-refractivity contribution in [1.82, 2.24) is 10.5 Å². The molecule has 1 atom stereocenters. The van der Waals surface area contributed by atoms with Gasteiger partial charge in [0.1, 0.15) is 18.9 Å². The Labute approximate surface area is 151 Å². The summed E-state index contributed by atoms with van der Waals surface area (Å²) < 4.78 is 16.5. The molecule has 0 radical (unpaired) electrons. The van der Waals surface area contributed by atoms with Crippen molar-refractivity contribution in [2.24, 2.45) is 0 Å². The first-order valence-electron chi connectivity index (χ1n) is 8.77. The van der Waals surface area contributed by atoms with Crippen LogP contribution in [0.15, 0.2) is 47.0 Å². The number of amides is 1. The fourth-order valence-corrected chi connectivity index (χ4v) is 3.16. The van der Waals surface area contributed by atoms with Crippen LogP contribution in [0, 0.1) is 0 Å². The summed E-state index contributed by atoms with van der Waals surface area (Å²) in [6.45, 7) is 3.14. The molecule has 4 rings (SSSR count). The molecule has 1 aliphatic heterocycles. The van der Waals surface area contributed by atoms with Crippen molar-refractivity contribution < 1.29 is 18.8 Å². The lowest BCUT2D eigenvalue weighted by atomic mass is 10.0. The zero-order valence-corrected chi connectivity index (χ0v) is 14.5. The van der Waals surface area contributed by atoms with Crippen molar-refractivity contribution in [2.75, 3.05) is 13.2 Å². The summed E-state index contributed by atoms with van der Waals surface area (Å²) in [6.07, 6.45) is 0.947. The van der Waals surface area contributed by atoms with E-state index in [1.807, 2.05) is 49.4 Å². The number of rotatable bonds is 5. The first kappa shape index (κ1) is 16.4. The number of aromatic nitrogens is 1. The highest BCUT2D eigenvalue weighted by Crippen LogP contribution is 2.33. The molecule has 2 aromatic carbocycles. The molecule has 0 fully saturated rings. The zero-order valence-electron chi connectivity index (χ0n) is 14.5. The fourth-order valence-electron chi connectivity index (χ4n) is 3.16. The summed E-state index contributed by atoms with van der Waals surface area (Å²) >= 11 is 0. The highest BCUT2D eigenvalue weighted by molar-refractivity contribution is 5.86. The first-order valence-corrected chi connectivity index (χ1v) is 8.77. The number of para-hydroxylation sites is 1. The number of ether oxygens (including phenoxy) is 2. The fraction of sp³-hybridized carbons (Fsp3) is 0.300. The molecule has 0 bridgehead atoms. The van der Waals surface area contributed by atoms with Crippen LogP contribution < -0.4 is 14.8 Å². The molecular weight excluding hydrogens is 332 g/mol. The van der Waals surface area contributed by atoms with E-state index < -0.39 is 0 Å². The lowest BCUT2D eigenvalue weighted by Gasteiger charge is -2.22. The maximum atomic E-state index is 12.5. The lowest BCUT2D eigenvalue weighted by Crippen LogP contribution is -2.29. The number of hydrogen-bond donors (Lipinski definition) is 1. The average Bonchev–Trinajstić information content (AvgIpc) is 3.08. The Hall–Kier alpha value is -3.02. The summed E-state index contributed by atoms with van der Waals surface area (Å²) in [4.78, 5) is 12.5. The van der Waals surface area contributed by atoms with Crippen molar-refractivity contribution in [3.63, 3.8) is 0 Å². The maximum Gasteiger partial charge on any atom is 0.226 e. The van der Waals surface area contributed by atoms with Gasteiger partial charge < -0.3 is 19.3 Å². The molecule has 26 heavy (non-hydrogen) atoms. The van der Waals surface area contributed by atoms with Crippen LogP contribution in [0.1, 0.15) is 30.6 Å². The van der Waals surface area contributed by atoms with Gasteiger partial charge in [-0.15, -0.1) is 0 Å². The monoisotopic (exact) mass is 352 g/mol. The van der Waals surface area contributed by atoms with Gasteiger partial charge in [-0.05, 0) is 36.2 Å². The maximum absolute atomic E-state index is 12.5. The molecule has 1 amide bonds. The van der Waals surface area contributed by atoms with E-state index in [0.29, 0.717) is 24.5 Å². The van der Waals surface area contributed by atoms with Gasteiger partial charge in [0.15, 0.2) is 17.1 Å². The molecule has 2 heterocycles. The second-order valence-corrected chi connectivity index (χ2v) is 6.23. The molecule has 6 nitrogen and oxygen atoms in total. The van der Waals surface area contributed by atoms with Crippen LogP contribution in [-0.4, -0.2) is 24.3 Å². The van der Waals surface area contributed by atoms with E-state index in [-0.39, 0.29) is 18.4 Å². The SMILES string of the molecule is CCC(NC(=O)Cc1noc2ccccc12)c1ccc2c(c1)OCCO2. The van der Waals surface area contributed by atoms with Crippen molar-refractivity contribution in [3.8, 4) is 11.5 Å². The summed E-state index contributed by atoms with van der Waals surface area (Å²) in [7, 11) is 0. The first-order chi connectivity index (χ1) is 12.7. The lowest BCUT2D eigenvalue weighted by molar-refractivity contribution is -0.121. The molecule has 0 spiro atoms. The number of carbonyl (C=O) groups excluding carboxylic acids is 1. The van der Waals surface area contributed by atoms with Crippen molar-refractivity contribution in [2.45, 2.75) is 25.8 Å². The van der Waals surface area contributed by atoms with Gasteiger partial charge in [0.05, 0.1) is 12.5 Å². The van der Waals surface area contributed by atoms with Gasteiger partial charge in [0.25, 0.3) is 0 Å². The number of carbonyl (C=O) groups is 1. The minimum absolute atomic E-state index is 0.0919. The van der Waals surface area contributed by atoms with Gasteiger partial charge in [-0.3, -0.25) is 4.79 Å². The normalized spacial score (nSPS) is 14.2. The van der Waals surface area contributed by atoms with Crippen LogP contribution in [0.2, 0.25) is 0 Å². The second-order valence-electron chi connectivity index (χ2n) is 6.23. The minimum Gasteiger partial charge on any atom is -0.486 e. The van der Waals surface area contributed by atoms with Gasteiger partial charge in [-0.25, -0.2) is 0 Å². The summed E-state index contributed by atoms with van der Waals surface area (Å²) in [6, 6.07) is 13.2. The Morgan fingerprint density at radius 2 is 1.96 bits per heavy atom. The zero-order chi connectivity index (χ0) is 17.9. The van der Waals surface area contributed by atoms with Gasteiger partial charge in [-0.1, -0.05) is 30.3 Å². The molecule has 134 valence electrons. The van der Waals surface area contributed by atoms with E-state index in [0.717, 1.165) is 28.9 Å². The van der Waals surface area contributed by atoms with E-state index in [4.69, 9.17) is 14.0 Å². The number of benzene rings is 2. The summed E-state index contributed by atoms with van der Waals surface area (Å²) in [5.41, 5.74) is 2.33. The molecule has 0 aliphatic carbocycles. The number of nitrogens with one attached hydrogen (secondary N) is 1. The number of hydrogen-bond acceptors (Lipinski definition) is 5. The van der Waals surface area contributed by atoms with Crippen molar-refractivity contribution in [1.29, 1.82) is 0 Å². The van der Waals surface area contributed by atoms with E-state index in [2.05, 4.69) is 10.5 Å². The van der Waals surface area contributed by atoms with E-state index in [1.165, 1.54) is 0 Å². The third kappa shape index (κ3) is 3.22. The van der Waals surface area contributed by atoms with Crippen LogP contribution in [0.4, 0.5) is 0 Å². The van der Waals surface area contributed by atoms with Gasteiger partial charge in [-0.2, -0.15) is 0 Å². The van der Waals surface area contributed by atoms with Crippen LogP contribution in [0.3, 0.4) is 0 Å². The molecule has 6 heteroatoms. The number of nitrogens with zero attached hydrogens (tertiary/aromatic N) is 1. The van der Waals surface area contributed by atoms with Crippen LogP contribution in [0.5, 0.6) is 11.5 Å². The molecule has 0 saturated heterocycles. The number of fused-ring (bicyclic) bond motifs is 2. The average molecular weight is 352 g/mol. The van der Waals surface area contributed by atoms with E-state index in [1.54, 1.807) is 0 Å². The standard InChI is InChI=1S/C20H20N2O4/c1-2-15(13-7-8-18-19(11-13)25-10-9-24-18)21-20(23)12-16-14-5-3-4-6-17(14)26-22-16/h3-8,11,15H,2,9-10,12H2,1H3,(H,21,23). The molecule has 1 unspecified atom stereocenters. The van der Waals surface area contributed by atoms with Gasteiger partial charge in [0, 0.05) is 5.39 Å².